The van der Waals surface area contributed by atoms with Gasteiger partial charge in [-0.25, -0.2) is 0 Å². The second kappa shape index (κ2) is 3.37. The molecule has 16 heavy (non-hydrogen) atoms. The van der Waals surface area contributed by atoms with Crippen LogP contribution in [0.4, 0.5) is 13.2 Å². The predicted octanol–water partition coefficient (Wildman–Crippen LogP) is 2.43. The highest BCUT2D eigenvalue weighted by molar-refractivity contribution is 6.30. The Morgan fingerprint density at radius 2 is 2.00 bits per heavy atom. The van der Waals surface area contributed by atoms with Crippen molar-refractivity contribution in [2.45, 2.75) is 31.0 Å². The fourth-order valence-corrected chi connectivity index (χ4v) is 2.27. The highest BCUT2D eigenvalue weighted by atomic mass is 35.5. The predicted molar refractivity (Wildman–Crippen MR) is 52.9 cm³/mol. The summed E-state index contributed by atoms with van der Waals surface area (Å²) in [5.41, 5.74) is 3.92. The lowest BCUT2D eigenvalue weighted by molar-refractivity contribution is -0.143. The highest BCUT2D eigenvalue weighted by Gasteiger charge is 2.47. The molecule has 0 radical (unpaired) electrons. The Morgan fingerprint density at radius 1 is 1.44 bits per heavy atom. The van der Waals surface area contributed by atoms with Crippen molar-refractivity contribution in [3.8, 4) is 0 Å². The van der Waals surface area contributed by atoms with Crippen molar-refractivity contribution >= 4 is 11.6 Å². The van der Waals surface area contributed by atoms with Crippen molar-refractivity contribution in [3.63, 3.8) is 0 Å². The molecule has 1 aliphatic rings. The molecule has 1 fully saturated rings. The van der Waals surface area contributed by atoms with Crippen molar-refractivity contribution < 1.29 is 13.2 Å². The standard InChI is InChI=1S/C9H11ClF3N3/c1-16-7(10)5(8(14)3-2-4-8)6(15-16)9(11,12)13/h2-4,14H2,1H3. The maximum Gasteiger partial charge on any atom is 0.435 e. The molecule has 0 aromatic carbocycles. The van der Waals surface area contributed by atoms with E-state index >= 15 is 0 Å². The van der Waals surface area contributed by atoms with Gasteiger partial charge < -0.3 is 5.73 Å². The summed E-state index contributed by atoms with van der Waals surface area (Å²) in [4.78, 5) is 0. The summed E-state index contributed by atoms with van der Waals surface area (Å²) >= 11 is 5.84. The van der Waals surface area contributed by atoms with Gasteiger partial charge in [0.05, 0.1) is 0 Å². The van der Waals surface area contributed by atoms with E-state index < -0.39 is 17.4 Å². The van der Waals surface area contributed by atoms with E-state index in [2.05, 4.69) is 5.10 Å². The Morgan fingerprint density at radius 3 is 2.38 bits per heavy atom. The third-order valence-corrected chi connectivity index (χ3v) is 3.42. The lowest BCUT2D eigenvalue weighted by Gasteiger charge is -2.38. The van der Waals surface area contributed by atoms with Crippen LogP contribution in [-0.2, 0) is 18.8 Å². The fourth-order valence-electron chi connectivity index (χ4n) is 1.95. The maximum atomic E-state index is 12.7. The Labute approximate surface area is 95.4 Å². The first-order valence-electron chi connectivity index (χ1n) is 4.85. The van der Waals surface area contributed by atoms with Crippen molar-refractivity contribution in [3.05, 3.63) is 16.4 Å². The van der Waals surface area contributed by atoms with Crippen LogP contribution in [-0.4, -0.2) is 9.78 Å². The van der Waals surface area contributed by atoms with Crippen molar-refractivity contribution in [1.29, 1.82) is 0 Å². The summed E-state index contributed by atoms with van der Waals surface area (Å²) in [6.45, 7) is 0. The van der Waals surface area contributed by atoms with Gasteiger partial charge in [-0.15, -0.1) is 0 Å². The van der Waals surface area contributed by atoms with Gasteiger partial charge in [0.25, 0.3) is 0 Å². The number of nitrogens with zero attached hydrogens (tertiary/aromatic N) is 2. The number of rotatable bonds is 1. The SMILES string of the molecule is Cn1nc(C(F)(F)F)c(C2(N)CCC2)c1Cl. The minimum Gasteiger partial charge on any atom is -0.321 e. The van der Waals surface area contributed by atoms with E-state index in [1.54, 1.807) is 0 Å². The Bertz CT molecular complexity index is 420. The van der Waals surface area contributed by atoms with Crippen LogP contribution in [0.1, 0.15) is 30.5 Å². The molecule has 7 heteroatoms. The summed E-state index contributed by atoms with van der Waals surface area (Å²) in [5, 5.41) is 3.39. The zero-order valence-electron chi connectivity index (χ0n) is 8.60. The summed E-state index contributed by atoms with van der Waals surface area (Å²) in [6, 6.07) is 0. The molecule has 90 valence electrons. The van der Waals surface area contributed by atoms with E-state index in [0.717, 1.165) is 11.1 Å². The molecule has 1 aromatic rings. The molecule has 0 spiro atoms. The zero-order chi connectivity index (χ0) is 12.1. The normalized spacial score (nSPS) is 19.6. The smallest absolute Gasteiger partial charge is 0.321 e. The van der Waals surface area contributed by atoms with Crippen LogP contribution in [0.25, 0.3) is 0 Å². The summed E-state index contributed by atoms with van der Waals surface area (Å²) < 4.78 is 39.2. The molecule has 1 saturated carbocycles. The summed E-state index contributed by atoms with van der Waals surface area (Å²) in [7, 11) is 1.38. The van der Waals surface area contributed by atoms with Crippen molar-refractivity contribution in [2.24, 2.45) is 12.8 Å². The Hall–Kier alpha value is -0.750. The van der Waals surface area contributed by atoms with Gasteiger partial charge in [0, 0.05) is 18.2 Å². The first-order valence-corrected chi connectivity index (χ1v) is 5.22. The molecule has 0 amide bonds. The third kappa shape index (κ3) is 1.60. The van der Waals surface area contributed by atoms with Gasteiger partial charge in [0.15, 0.2) is 5.69 Å². The number of hydrogen-bond acceptors (Lipinski definition) is 2. The van der Waals surface area contributed by atoms with Crippen LogP contribution < -0.4 is 5.73 Å². The largest absolute Gasteiger partial charge is 0.435 e. The summed E-state index contributed by atoms with van der Waals surface area (Å²) in [5.74, 6) is 0. The lowest BCUT2D eigenvalue weighted by Crippen LogP contribution is -2.44. The van der Waals surface area contributed by atoms with E-state index in [0.29, 0.717) is 12.8 Å². The maximum absolute atomic E-state index is 12.7. The molecule has 0 aliphatic heterocycles. The van der Waals surface area contributed by atoms with E-state index in [-0.39, 0.29) is 10.7 Å². The molecule has 1 aromatic heterocycles. The molecule has 1 heterocycles. The van der Waals surface area contributed by atoms with Gasteiger partial charge in [0.1, 0.15) is 5.15 Å². The van der Waals surface area contributed by atoms with Gasteiger partial charge in [0.2, 0.25) is 0 Å². The van der Waals surface area contributed by atoms with E-state index in [1.807, 2.05) is 0 Å². The summed E-state index contributed by atoms with van der Waals surface area (Å²) in [6.07, 6.45) is -2.66. The Kier molecular flexibility index (Phi) is 2.47. The van der Waals surface area contributed by atoms with Gasteiger partial charge >= 0.3 is 6.18 Å². The molecule has 2 N–H and O–H groups in total. The van der Waals surface area contributed by atoms with E-state index in [4.69, 9.17) is 17.3 Å². The van der Waals surface area contributed by atoms with Gasteiger partial charge in [-0.1, -0.05) is 11.6 Å². The second-order valence-corrected chi connectivity index (χ2v) is 4.50. The van der Waals surface area contributed by atoms with Crippen molar-refractivity contribution in [1.82, 2.24) is 9.78 Å². The van der Waals surface area contributed by atoms with Crippen LogP contribution in [0, 0.1) is 0 Å². The average Bonchev–Trinajstić information content (AvgIpc) is 2.40. The second-order valence-electron chi connectivity index (χ2n) is 4.15. The average molecular weight is 254 g/mol. The monoisotopic (exact) mass is 253 g/mol. The van der Waals surface area contributed by atoms with Crippen molar-refractivity contribution in [2.75, 3.05) is 0 Å². The van der Waals surface area contributed by atoms with Gasteiger partial charge in [-0.05, 0) is 19.3 Å². The molecule has 0 bridgehead atoms. The van der Waals surface area contributed by atoms with Gasteiger partial charge in [-0.3, -0.25) is 4.68 Å². The number of halogens is 4. The van der Waals surface area contributed by atoms with Crippen LogP contribution >= 0.6 is 11.6 Å². The zero-order valence-corrected chi connectivity index (χ0v) is 9.36. The first-order chi connectivity index (χ1) is 7.26. The van der Waals surface area contributed by atoms with E-state index in [1.165, 1.54) is 7.05 Å². The van der Waals surface area contributed by atoms with Crippen LogP contribution in [0.5, 0.6) is 0 Å². The molecule has 0 unspecified atom stereocenters. The minimum atomic E-state index is -4.51. The number of nitrogens with two attached hydrogens (primary N) is 1. The van der Waals surface area contributed by atoms with Crippen LogP contribution in [0.2, 0.25) is 5.15 Å². The molecule has 2 rings (SSSR count). The quantitative estimate of drug-likeness (QED) is 0.835. The third-order valence-electron chi connectivity index (χ3n) is 2.99. The number of alkyl halides is 3. The topological polar surface area (TPSA) is 43.8 Å². The molecule has 3 nitrogen and oxygen atoms in total. The lowest BCUT2D eigenvalue weighted by atomic mass is 9.72. The molecule has 0 atom stereocenters. The fraction of sp³-hybridized carbons (Fsp3) is 0.667. The van der Waals surface area contributed by atoms with Gasteiger partial charge in [-0.2, -0.15) is 18.3 Å². The molecular weight excluding hydrogens is 243 g/mol. The molecule has 1 aliphatic carbocycles. The Balaban J connectivity index is 2.58. The van der Waals surface area contributed by atoms with E-state index in [9.17, 15) is 13.2 Å². The molecule has 0 saturated heterocycles. The number of aryl methyl sites for hydroxylation is 1. The van der Waals surface area contributed by atoms with Crippen LogP contribution in [0.3, 0.4) is 0 Å². The number of aromatic nitrogens is 2. The first kappa shape index (κ1) is 11.7. The molecular formula is C9H11ClF3N3. The highest BCUT2D eigenvalue weighted by Crippen LogP contribution is 2.46. The minimum absolute atomic E-state index is 0.0190. The van der Waals surface area contributed by atoms with Crippen LogP contribution in [0.15, 0.2) is 0 Å². The number of hydrogen-bond donors (Lipinski definition) is 1.